The van der Waals surface area contributed by atoms with Crippen LogP contribution in [0, 0.1) is 0 Å². The fourth-order valence-corrected chi connectivity index (χ4v) is 0. The predicted molar refractivity (Wildman–Crippen MR) is 106 cm³/mol. The topological polar surface area (TPSA) is 94.8 Å². The first-order chi connectivity index (χ1) is 2.27. The number of carboxylic acid groups (broad SMARTS) is 1. The third-order valence-electron chi connectivity index (χ3n) is 0.175. The highest BCUT2D eigenvalue weighted by Crippen LogP contribution is 1.43. The van der Waals surface area contributed by atoms with Crippen LogP contribution in [0.25, 0.3) is 0 Å². The molecule has 0 saturated heterocycles. The van der Waals surface area contributed by atoms with Gasteiger partial charge in [0.25, 0.3) is 0 Å². The van der Waals surface area contributed by atoms with Gasteiger partial charge in [0.15, 0.2) is 0 Å². The van der Waals surface area contributed by atoms with Gasteiger partial charge in [-0.05, 0) is 0 Å². The summed E-state index contributed by atoms with van der Waals surface area (Å²) in [5.41, 5.74) is 4.57. The van der Waals surface area contributed by atoms with E-state index in [9.17, 15) is 4.79 Å². The Bertz CT molecular complexity index is 59.3. The van der Waals surface area contributed by atoms with Crippen molar-refractivity contribution in [2.24, 2.45) is 5.73 Å². The smallest absolute Gasteiger partial charge is 0.317 e. The highest BCUT2D eigenvalue weighted by atomic mass is 24.3. The molecule has 0 unspecified atom stereocenters. The molecule has 0 bridgehead atoms. The van der Waals surface area contributed by atoms with Crippen molar-refractivity contribution in [1.29, 1.82) is 0 Å². The van der Waals surface area contributed by atoms with E-state index in [1.54, 1.807) is 0 Å². The van der Waals surface area contributed by atoms with Crippen LogP contribution in [-0.2, 0) is 4.79 Å². The molecule has 0 aromatic heterocycles. The summed E-state index contributed by atoms with van der Waals surface area (Å²) in [5.74, 6) is -0.968. The highest BCUT2D eigenvalue weighted by Gasteiger charge is 1.81. The third kappa shape index (κ3) is 103. The molecule has 0 rings (SSSR count). The molecule has 0 spiro atoms. The van der Waals surface area contributed by atoms with Crippen molar-refractivity contribution >= 4 is 236 Å². The molecule has 14 heteroatoms. The summed E-state index contributed by atoms with van der Waals surface area (Å²) in [6.45, 7) is -0.278. The maximum absolute atomic E-state index is 9.24. The van der Waals surface area contributed by atoms with Crippen molar-refractivity contribution in [2.75, 3.05) is 6.54 Å². The van der Waals surface area contributed by atoms with E-state index in [1.165, 1.54) is 0 Å². The molecule has 0 atom stereocenters. The zero-order chi connectivity index (χ0) is 4.28. The van der Waals surface area contributed by atoms with Gasteiger partial charge < -0.3 is 16.3 Å². The van der Waals surface area contributed by atoms with Crippen molar-refractivity contribution in [2.45, 2.75) is 0 Å². The molecule has 0 saturated carbocycles. The van der Waals surface area contributed by atoms with E-state index in [-0.39, 0.29) is 243 Å². The minimum Gasteiger partial charge on any atom is -0.480 e. The summed E-state index contributed by atoms with van der Waals surface area (Å²) in [6.07, 6.45) is 0. The van der Waals surface area contributed by atoms with Crippen molar-refractivity contribution in [3.8, 4) is 0 Å². The Labute approximate surface area is 258 Å². The largest absolute Gasteiger partial charge is 0.480 e. The van der Waals surface area contributed by atoms with E-state index in [1.807, 2.05) is 0 Å². The van der Waals surface area contributed by atoms with Gasteiger partial charge in [-0.1, -0.05) is 0 Å². The van der Waals surface area contributed by atoms with Crippen molar-refractivity contribution in [1.82, 2.24) is 0 Å². The van der Waals surface area contributed by atoms with Crippen LogP contribution in [-0.4, -0.2) is 254 Å². The van der Waals surface area contributed by atoms with Gasteiger partial charge in [0.05, 0.1) is 6.54 Å². The Morgan fingerprint density at radius 2 is 0.812 bits per heavy atom. The zero-order valence-electron chi connectivity index (χ0n) is 3.14. The Balaban J connectivity index is -0.00000000145. The molecule has 0 fully saturated rings. The molecular weight excluding hydrogens is 329 g/mol. The molecule has 16 heavy (non-hydrogen) atoms. The molecule has 0 amide bonds. The minimum atomic E-state index is -0.968. The average molecular weight is 356 g/mol. The van der Waals surface area contributed by atoms with E-state index >= 15 is 0 Å². The van der Waals surface area contributed by atoms with E-state index in [4.69, 9.17) is 5.11 Å². The first-order valence-electron chi connectivity index (χ1n) is 1.19. The molecule has 0 radical (unpaired) electrons. The lowest BCUT2D eigenvalue weighted by Crippen LogP contribution is -2.10. The van der Waals surface area contributed by atoms with Crippen LogP contribution >= 0.6 is 0 Å². The molecule has 78 valence electrons. The average Bonchev–Trinajstić information content (AvgIpc) is 1.38. The van der Waals surface area contributed by atoms with Crippen LogP contribution in [0.2, 0.25) is 0 Å². The quantitative estimate of drug-likeness (QED) is 0.457. The van der Waals surface area contributed by atoms with Crippen LogP contribution < -0.4 is 5.73 Å². The van der Waals surface area contributed by atoms with Gasteiger partial charge >= 0.3 is 236 Å². The second-order valence-corrected chi connectivity index (χ2v) is 0.598. The molecular formula is C2H27Mg10NO3. The van der Waals surface area contributed by atoms with Crippen LogP contribution in [0.5, 0.6) is 0 Å². The third-order valence-corrected chi connectivity index (χ3v) is 0.175. The number of aliphatic carboxylic acids is 1. The van der Waals surface area contributed by atoms with Crippen LogP contribution in [0.15, 0.2) is 0 Å². The predicted octanol–water partition coefficient (Wildman–Crippen LogP) is -11.0. The van der Waals surface area contributed by atoms with Crippen LogP contribution in [0.4, 0.5) is 0 Å². The fraction of sp³-hybridized carbons (Fsp3) is 0.500. The molecule has 0 aliphatic rings. The molecule has 0 aromatic rings. The molecule has 0 aromatic carbocycles. The van der Waals surface area contributed by atoms with Crippen LogP contribution in [0.1, 0.15) is 0 Å². The number of carboxylic acids is 1. The van der Waals surface area contributed by atoms with Gasteiger partial charge in [-0.15, -0.1) is 0 Å². The van der Waals surface area contributed by atoms with Crippen molar-refractivity contribution in [3.63, 3.8) is 0 Å². The summed E-state index contributed by atoms with van der Waals surface area (Å²) >= 11 is 0. The molecule has 5 N–H and O–H groups in total. The standard InChI is InChI=1S/C2H5NO2.10Mg.H2O.20H/c3-1-2(4)5;;;;;;;;;;;;;;;;;;;;;;;;;;;;;;;/h1,3H2,(H,4,5);;;;;;;;;;;1H2;;;;;;;;;;;;;;;;;;;;. The van der Waals surface area contributed by atoms with Gasteiger partial charge in [0.2, 0.25) is 0 Å². The van der Waals surface area contributed by atoms with Crippen molar-refractivity contribution < 1.29 is 15.4 Å². The summed E-state index contributed by atoms with van der Waals surface area (Å²) in [6, 6.07) is 0. The monoisotopic (exact) mass is 353 g/mol. The van der Waals surface area contributed by atoms with Gasteiger partial charge in [0, 0.05) is 0 Å². The SMILES string of the molecule is NCC(=O)O.O.[MgH2].[MgH2].[MgH2].[MgH2].[MgH2].[MgH2].[MgH2].[MgH2].[MgH2].[MgH2]. The number of hydrogen-bond acceptors (Lipinski definition) is 2. The molecule has 0 aliphatic heterocycles. The molecule has 0 heterocycles. The lowest BCUT2D eigenvalue weighted by Gasteiger charge is -1.73. The van der Waals surface area contributed by atoms with Crippen molar-refractivity contribution in [3.05, 3.63) is 0 Å². The summed E-state index contributed by atoms with van der Waals surface area (Å²) in [4.78, 5) is 9.24. The fourth-order valence-electron chi connectivity index (χ4n) is 0. The second kappa shape index (κ2) is 80.0. The summed E-state index contributed by atoms with van der Waals surface area (Å²) in [5, 5.41) is 7.60. The number of hydrogen-bond donors (Lipinski definition) is 2. The second-order valence-electron chi connectivity index (χ2n) is 0.598. The first-order valence-corrected chi connectivity index (χ1v) is 1.19. The number of rotatable bonds is 1. The van der Waals surface area contributed by atoms with Gasteiger partial charge in [-0.25, -0.2) is 0 Å². The molecule has 4 nitrogen and oxygen atoms in total. The van der Waals surface area contributed by atoms with Gasteiger partial charge in [-0.3, -0.25) is 4.79 Å². The van der Waals surface area contributed by atoms with E-state index in [0.29, 0.717) is 0 Å². The first kappa shape index (κ1) is 91.8. The van der Waals surface area contributed by atoms with Gasteiger partial charge in [0.1, 0.15) is 0 Å². The summed E-state index contributed by atoms with van der Waals surface area (Å²) in [7, 11) is 0. The Morgan fingerprint density at radius 1 is 0.750 bits per heavy atom. The Hall–Kier alpha value is 7.05. The normalized spacial score (nSPS) is 2.31. The lowest BCUT2D eigenvalue weighted by molar-refractivity contribution is -0.135. The highest BCUT2D eigenvalue weighted by molar-refractivity contribution is 5.76. The maximum atomic E-state index is 9.24. The van der Waals surface area contributed by atoms with E-state index < -0.39 is 5.97 Å². The minimum absolute atomic E-state index is 0. The van der Waals surface area contributed by atoms with E-state index in [2.05, 4.69) is 5.73 Å². The van der Waals surface area contributed by atoms with Crippen LogP contribution in [0.3, 0.4) is 0 Å². The maximum Gasteiger partial charge on any atom is 0.317 e. The van der Waals surface area contributed by atoms with Gasteiger partial charge in [-0.2, -0.15) is 0 Å². The number of carbonyl (C=O) groups is 1. The Morgan fingerprint density at radius 3 is 0.812 bits per heavy atom. The molecule has 0 aliphatic carbocycles. The number of nitrogens with two attached hydrogens (primary N) is 1. The van der Waals surface area contributed by atoms with E-state index in [0.717, 1.165) is 0 Å². The lowest BCUT2D eigenvalue weighted by atomic mass is 10.7. The Kier molecular flexibility index (Phi) is 459. The summed E-state index contributed by atoms with van der Waals surface area (Å²) < 4.78 is 0. The zero-order valence-corrected chi connectivity index (χ0v) is 3.14.